The third-order valence-electron chi connectivity index (χ3n) is 5.14. The van der Waals surface area contributed by atoms with Crippen molar-refractivity contribution in [3.63, 3.8) is 0 Å². The molecule has 1 aliphatic heterocycles. The van der Waals surface area contributed by atoms with E-state index in [1.54, 1.807) is 0 Å². The Morgan fingerprint density at radius 3 is 2.62 bits per heavy atom. The van der Waals surface area contributed by atoms with E-state index in [2.05, 4.69) is 37.7 Å². The number of ketones is 1. The molecule has 1 saturated heterocycles. The van der Waals surface area contributed by atoms with E-state index in [0.717, 1.165) is 31.6 Å². The van der Waals surface area contributed by atoms with E-state index in [1.807, 2.05) is 16.9 Å². The van der Waals surface area contributed by atoms with E-state index >= 15 is 0 Å². The van der Waals surface area contributed by atoms with Crippen molar-refractivity contribution in [3.8, 4) is 0 Å². The number of Topliss-reactive ketones (excluding diaryl/α,β-unsaturated/α-hetero) is 1. The summed E-state index contributed by atoms with van der Waals surface area (Å²) in [5.74, 6) is 0.307. The van der Waals surface area contributed by atoms with Gasteiger partial charge >= 0.3 is 0 Å². The van der Waals surface area contributed by atoms with Gasteiger partial charge in [0.1, 0.15) is 0 Å². The van der Waals surface area contributed by atoms with Gasteiger partial charge in [-0.25, -0.2) is 0 Å². The normalized spacial score (nSPS) is 20.4. The van der Waals surface area contributed by atoms with Gasteiger partial charge in [0.15, 0.2) is 5.78 Å². The molecule has 0 aromatic carbocycles. The summed E-state index contributed by atoms with van der Waals surface area (Å²) in [5.41, 5.74) is 0.579. The number of hydrogen-bond acceptors (Lipinski definition) is 3. The van der Waals surface area contributed by atoms with Crippen molar-refractivity contribution in [2.45, 2.75) is 71.4 Å². The molecule has 21 heavy (non-hydrogen) atoms. The molecule has 0 radical (unpaired) electrons. The van der Waals surface area contributed by atoms with Crippen LogP contribution in [0.25, 0.3) is 0 Å². The fourth-order valence-corrected chi connectivity index (χ4v) is 3.07. The largest absolute Gasteiger partial charge is 0.297 e. The number of carbonyl (C=O) groups excluding carboxylic acids is 1. The quantitative estimate of drug-likeness (QED) is 0.774. The zero-order valence-corrected chi connectivity index (χ0v) is 13.9. The van der Waals surface area contributed by atoms with Crippen LogP contribution in [0.1, 0.15) is 65.1 Å². The van der Waals surface area contributed by atoms with Crippen LogP contribution in [0.2, 0.25) is 0 Å². The SMILES string of the molecule is CCC(C)n1ccc(CC(=O)C(C)(CC)N2CCCC2)n1. The second kappa shape index (κ2) is 6.73. The summed E-state index contributed by atoms with van der Waals surface area (Å²) in [5, 5.41) is 4.57. The molecule has 1 fully saturated rings. The van der Waals surface area contributed by atoms with Gasteiger partial charge < -0.3 is 0 Å². The van der Waals surface area contributed by atoms with Gasteiger partial charge in [0, 0.05) is 12.2 Å². The first-order valence-corrected chi connectivity index (χ1v) is 8.33. The molecule has 2 heterocycles. The molecule has 118 valence electrons. The average molecular weight is 291 g/mol. The first-order valence-electron chi connectivity index (χ1n) is 8.33. The lowest BCUT2D eigenvalue weighted by molar-refractivity contribution is -0.129. The van der Waals surface area contributed by atoms with Crippen LogP contribution in [0.15, 0.2) is 12.3 Å². The first-order chi connectivity index (χ1) is 10.0. The Morgan fingerprint density at radius 2 is 2.05 bits per heavy atom. The molecule has 2 atom stereocenters. The Labute approximate surface area is 128 Å². The summed E-state index contributed by atoms with van der Waals surface area (Å²) in [7, 11) is 0. The topological polar surface area (TPSA) is 38.1 Å². The highest BCUT2D eigenvalue weighted by Gasteiger charge is 2.38. The molecule has 1 aliphatic rings. The van der Waals surface area contributed by atoms with Crippen LogP contribution in [0.4, 0.5) is 0 Å². The second-order valence-corrected chi connectivity index (χ2v) is 6.47. The highest BCUT2D eigenvalue weighted by atomic mass is 16.1. The summed E-state index contributed by atoms with van der Waals surface area (Å²) in [6, 6.07) is 2.38. The smallest absolute Gasteiger partial charge is 0.158 e. The maximum absolute atomic E-state index is 12.8. The molecule has 0 aliphatic carbocycles. The Kier molecular flexibility index (Phi) is 5.20. The van der Waals surface area contributed by atoms with Gasteiger partial charge in [-0.3, -0.25) is 14.4 Å². The highest BCUT2D eigenvalue weighted by molar-refractivity contribution is 5.89. The lowest BCUT2D eigenvalue weighted by Crippen LogP contribution is -2.51. The Balaban J connectivity index is 2.06. The standard InChI is InChI=1S/C17H29N3O/c1-5-14(3)20-12-9-15(18-20)13-16(21)17(4,6-2)19-10-7-8-11-19/h9,12,14H,5-8,10-11,13H2,1-4H3. The summed E-state index contributed by atoms with van der Waals surface area (Å²) in [6.45, 7) is 10.6. The number of hydrogen-bond donors (Lipinski definition) is 0. The third kappa shape index (κ3) is 3.37. The zero-order chi connectivity index (χ0) is 15.5. The number of likely N-dealkylation sites (tertiary alicyclic amines) is 1. The predicted molar refractivity (Wildman–Crippen MR) is 85.4 cm³/mol. The van der Waals surface area contributed by atoms with E-state index in [4.69, 9.17) is 0 Å². The Hall–Kier alpha value is -1.16. The number of rotatable bonds is 7. The summed E-state index contributed by atoms with van der Waals surface area (Å²) >= 11 is 0. The van der Waals surface area contributed by atoms with Crippen molar-refractivity contribution in [1.82, 2.24) is 14.7 Å². The van der Waals surface area contributed by atoms with Gasteiger partial charge in [-0.1, -0.05) is 13.8 Å². The molecular weight excluding hydrogens is 262 g/mol. The van der Waals surface area contributed by atoms with Gasteiger partial charge in [-0.2, -0.15) is 5.10 Å². The second-order valence-electron chi connectivity index (χ2n) is 6.47. The van der Waals surface area contributed by atoms with E-state index in [9.17, 15) is 4.79 Å². The highest BCUT2D eigenvalue weighted by Crippen LogP contribution is 2.26. The van der Waals surface area contributed by atoms with Crippen molar-refractivity contribution in [1.29, 1.82) is 0 Å². The summed E-state index contributed by atoms with van der Waals surface area (Å²) in [4.78, 5) is 15.2. The van der Waals surface area contributed by atoms with Crippen LogP contribution in [-0.2, 0) is 11.2 Å². The fourth-order valence-electron chi connectivity index (χ4n) is 3.07. The van der Waals surface area contributed by atoms with Gasteiger partial charge in [-0.05, 0) is 58.7 Å². The zero-order valence-electron chi connectivity index (χ0n) is 13.9. The van der Waals surface area contributed by atoms with Crippen LogP contribution in [0.5, 0.6) is 0 Å². The molecular formula is C17H29N3O. The summed E-state index contributed by atoms with van der Waals surface area (Å²) in [6.07, 6.45) is 6.80. The van der Waals surface area contributed by atoms with Crippen molar-refractivity contribution in [2.24, 2.45) is 0 Å². The van der Waals surface area contributed by atoms with Gasteiger partial charge in [0.25, 0.3) is 0 Å². The molecule has 4 nitrogen and oxygen atoms in total. The van der Waals surface area contributed by atoms with Crippen molar-refractivity contribution in [3.05, 3.63) is 18.0 Å². The molecule has 0 amide bonds. The van der Waals surface area contributed by atoms with Crippen LogP contribution in [0, 0.1) is 0 Å². The van der Waals surface area contributed by atoms with Crippen molar-refractivity contribution in [2.75, 3.05) is 13.1 Å². The minimum Gasteiger partial charge on any atom is -0.297 e. The molecule has 2 unspecified atom stereocenters. The van der Waals surface area contributed by atoms with Crippen LogP contribution in [-0.4, -0.2) is 39.1 Å². The molecule has 1 aromatic rings. The third-order valence-corrected chi connectivity index (χ3v) is 5.14. The van der Waals surface area contributed by atoms with Gasteiger partial charge in [0.2, 0.25) is 0 Å². The monoisotopic (exact) mass is 291 g/mol. The van der Waals surface area contributed by atoms with Crippen LogP contribution >= 0.6 is 0 Å². The number of nitrogens with zero attached hydrogens (tertiary/aromatic N) is 3. The maximum Gasteiger partial charge on any atom is 0.158 e. The Bertz CT molecular complexity index is 476. The number of carbonyl (C=O) groups is 1. The first kappa shape index (κ1) is 16.2. The van der Waals surface area contributed by atoms with Crippen molar-refractivity contribution >= 4 is 5.78 Å². The lowest BCUT2D eigenvalue weighted by Gasteiger charge is -2.36. The molecule has 0 bridgehead atoms. The molecule has 2 rings (SSSR count). The average Bonchev–Trinajstić information content (AvgIpc) is 3.17. The summed E-state index contributed by atoms with van der Waals surface area (Å²) < 4.78 is 1.97. The Morgan fingerprint density at radius 1 is 1.38 bits per heavy atom. The molecule has 0 spiro atoms. The molecule has 0 N–H and O–H groups in total. The van der Waals surface area contributed by atoms with E-state index in [1.165, 1.54) is 12.8 Å². The molecule has 4 heteroatoms. The number of aromatic nitrogens is 2. The van der Waals surface area contributed by atoms with Gasteiger partial charge in [-0.15, -0.1) is 0 Å². The lowest BCUT2D eigenvalue weighted by atomic mass is 9.88. The maximum atomic E-state index is 12.8. The predicted octanol–water partition coefficient (Wildman–Crippen LogP) is 3.23. The minimum atomic E-state index is -0.323. The van der Waals surface area contributed by atoms with E-state index in [0.29, 0.717) is 18.2 Å². The van der Waals surface area contributed by atoms with E-state index in [-0.39, 0.29) is 5.54 Å². The minimum absolute atomic E-state index is 0.307. The van der Waals surface area contributed by atoms with Crippen LogP contribution < -0.4 is 0 Å². The van der Waals surface area contributed by atoms with Gasteiger partial charge in [0.05, 0.1) is 17.7 Å². The van der Waals surface area contributed by atoms with E-state index < -0.39 is 0 Å². The fraction of sp³-hybridized carbons (Fsp3) is 0.765. The molecule has 0 saturated carbocycles. The van der Waals surface area contributed by atoms with Crippen LogP contribution in [0.3, 0.4) is 0 Å². The van der Waals surface area contributed by atoms with Crippen molar-refractivity contribution < 1.29 is 4.79 Å². The molecule has 1 aromatic heterocycles.